The molecule has 0 atom stereocenters. The fraction of sp³-hybridized carbons (Fsp3) is 0.455. The summed E-state index contributed by atoms with van der Waals surface area (Å²) in [5.41, 5.74) is 2.33. The van der Waals surface area contributed by atoms with Crippen LogP contribution in [-0.4, -0.2) is 52.8 Å². The van der Waals surface area contributed by atoms with Crippen molar-refractivity contribution in [3.8, 4) is 5.75 Å². The van der Waals surface area contributed by atoms with Crippen LogP contribution in [0.3, 0.4) is 0 Å². The summed E-state index contributed by atoms with van der Waals surface area (Å²) >= 11 is 6.68. The number of nitrogens with zero attached hydrogens (tertiary/aromatic N) is 5. The Kier molecular flexibility index (Phi) is 5.25. The van der Waals surface area contributed by atoms with Crippen molar-refractivity contribution in [2.75, 3.05) is 38.2 Å². The third-order valence-corrected chi connectivity index (χ3v) is 6.50. The summed E-state index contributed by atoms with van der Waals surface area (Å²) in [5.74, 6) is 2.07. The maximum absolute atomic E-state index is 14.4. The van der Waals surface area contributed by atoms with E-state index < -0.39 is 0 Å². The zero-order chi connectivity index (χ0) is 20.7. The van der Waals surface area contributed by atoms with E-state index in [9.17, 15) is 4.39 Å². The van der Waals surface area contributed by atoms with Gasteiger partial charge in [-0.2, -0.15) is 0 Å². The number of pyridine rings is 1. The summed E-state index contributed by atoms with van der Waals surface area (Å²) in [6, 6.07) is 7.03. The maximum Gasteiger partial charge on any atom is 0.179 e. The van der Waals surface area contributed by atoms with Gasteiger partial charge in [0.15, 0.2) is 5.65 Å². The number of anilines is 1. The van der Waals surface area contributed by atoms with E-state index >= 15 is 0 Å². The minimum atomic E-state index is -0.245. The van der Waals surface area contributed by atoms with Crippen LogP contribution in [0.4, 0.5) is 10.1 Å². The average Bonchev–Trinajstić information content (AvgIpc) is 3.48. The van der Waals surface area contributed by atoms with Crippen LogP contribution in [0.2, 0.25) is 5.02 Å². The number of piperazine rings is 1. The topological polar surface area (TPSA) is 45.9 Å². The third kappa shape index (κ3) is 3.72. The fourth-order valence-corrected chi connectivity index (χ4v) is 4.44. The largest absolute Gasteiger partial charge is 0.494 e. The van der Waals surface area contributed by atoms with Crippen LogP contribution in [-0.2, 0) is 13.0 Å². The minimum absolute atomic E-state index is 0.245. The molecule has 1 saturated heterocycles. The predicted octanol–water partition coefficient (Wildman–Crippen LogP) is 3.81. The van der Waals surface area contributed by atoms with Crippen molar-refractivity contribution in [2.24, 2.45) is 5.92 Å². The normalized spacial score (nSPS) is 17.6. The van der Waals surface area contributed by atoms with Gasteiger partial charge in [-0.05, 0) is 42.5 Å². The van der Waals surface area contributed by atoms with Gasteiger partial charge in [0, 0.05) is 45.3 Å². The number of ether oxygens (including phenoxy) is 1. The molecular weight excluding hydrogens is 405 g/mol. The second-order valence-corrected chi connectivity index (χ2v) is 8.54. The second-order valence-electron chi connectivity index (χ2n) is 8.17. The zero-order valence-electron chi connectivity index (χ0n) is 17.0. The van der Waals surface area contributed by atoms with Crippen molar-refractivity contribution in [3.63, 3.8) is 0 Å². The Morgan fingerprint density at radius 2 is 1.93 bits per heavy atom. The van der Waals surface area contributed by atoms with Gasteiger partial charge in [-0.25, -0.2) is 4.39 Å². The van der Waals surface area contributed by atoms with Crippen LogP contribution < -0.4 is 9.64 Å². The smallest absolute Gasteiger partial charge is 0.179 e. The number of rotatable bonds is 6. The molecule has 0 unspecified atom stereocenters. The van der Waals surface area contributed by atoms with E-state index in [-0.39, 0.29) is 5.82 Å². The summed E-state index contributed by atoms with van der Waals surface area (Å²) in [4.78, 5) is 4.39. The Hall–Kier alpha value is -2.38. The van der Waals surface area contributed by atoms with Crippen molar-refractivity contribution in [1.29, 1.82) is 0 Å². The molecule has 2 aromatic heterocycles. The molecular formula is C22H25ClFN5O. The van der Waals surface area contributed by atoms with Gasteiger partial charge >= 0.3 is 0 Å². The minimum Gasteiger partial charge on any atom is -0.494 e. The molecule has 30 heavy (non-hydrogen) atoms. The number of methoxy groups -OCH3 is 1. The van der Waals surface area contributed by atoms with E-state index in [1.54, 1.807) is 19.2 Å². The van der Waals surface area contributed by atoms with E-state index in [0.29, 0.717) is 16.5 Å². The van der Waals surface area contributed by atoms with Gasteiger partial charge in [-0.15, -0.1) is 10.2 Å². The lowest BCUT2D eigenvalue weighted by Crippen LogP contribution is -2.46. The molecule has 158 valence electrons. The summed E-state index contributed by atoms with van der Waals surface area (Å²) in [5, 5.41) is 9.36. The third-order valence-electron chi connectivity index (χ3n) is 6.09. The Balaban J connectivity index is 1.27. The van der Waals surface area contributed by atoms with Gasteiger partial charge in [0.2, 0.25) is 0 Å². The molecule has 0 amide bonds. The number of aromatic nitrogens is 3. The zero-order valence-corrected chi connectivity index (χ0v) is 17.8. The number of fused-ring (bicyclic) bond motifs is 1. The number of para-hydroxylation sites is 1. The molecule has 1 aliphatic heterocycles. The van der Waals surface area contributed by atoms with Crippen LogP contribution in [0.25, 0.3) is 5.65 Å². The first-order valence-electron chi connectivity index (χ1n) is 10.4. The van der Waals surface area contributed by atoms with Crippen LogP contribution >= 0.6 is 11.6 Å². The van der Waals surface area contributed by atoms with Gasteiger partial charge < -0.3 is 9.64 Å². The lowest BCUT2D eigenvalue weighted by molar-refractivity contribution is 0.248. The van der Waals surface area contributed by atoms with Gasteiger partial charge in [0.25, 0.3) is 0 Å². The highest BCUT2D eigenvalue weighted by Crippen LogP contribution is 2.34. The van der Waals surface area contributed by atoms with Crippen LogP contribution in [0.5, 0.6) is 5.75 Å². The van der Waals surface area contributed by atoms with Gasteiger partial charge in [-0.3, -0.25) is 9.30 Å². The summed E-state index contributed by atoms with van der Waals surface area (Å²) < 4.78 is 21.8. The van der Waals surface area contributed by atoms with E-state index in [1.165, 1.54) is 18.9 Å². The Labute approximate surface area is 180 Å². The average molecular weight is 430 g/mol. The first-order chi connectivity index (χ1) is 14.6. The molecule has 2 fully saturated rings. The number of hydrogen-bond acceptors (Lipinski definition) is 5. The molecule has 5 rings (SSSR count). The number of hydrogen-bond donors (Lipinski definition) is 0. The highest BCUT2D eigenvalue weighted by Gasteiger charge is 2.26. The van der Waals surface area contributed by atoms with Crippen LogP contribution in [0.15, 0.2) is 30.5 Å². The highest BCUT2D eigenvalue weighted by atomic mass is 35.5. The Bertz CT molecular complexity index is 1060. The van der Waals surface area contributed by atoms with E-state index in [2.05, 4.69) is 26.1 Å². The molecule has 3 aromatic rings. The molecule has 6 nitrogen and oxygen atoms in total. The quantitative estimate of drug-likeness (QED) is 0.596. The molecule has 0 bridgehead atoms. The highest BCUT2D eigenvalue weighted by molar-refractivity contribution is 6.34. The van der Waals surface area contributed by atoms with Crippen molar-refractivity contribution in [2.45, 2.75) is 25.8 Å². The van der Waals surface area contributed by atoms with Crippen LogP contribution in [0, 0.1) is 11.7 Å². The lowest BCUT2D eigenvalue weighted by atomic mass is 10.2. The van der Waals surface area contributed by atoms with Crippen molar-refractivity contribution in [3.05, 3.63) is 52.7 Å². The van der Waals surface area contributed by atoms with E-state index in [4.69, 9.17) is 16.3 Å². The van der Waals surface area contributed by atoms with Crippen molar-refractivity contribution < 1.29 is 9.13 Å². The SMILES string of the molecule is COc1cccc(F)c1N1CCN(Cc2ccn3c(CC4CC4)nnc3c2Cl)CC1. The van der Waals surface area contributed by atoms with Gasteiger partial charge in [0.05, 0.1) is 12.1 Å². The van der Waals surface area contributed by atoms with E-state index in [1.807, 2.05) is 10.6 Å². The molecule has 1 saturated carbocycles. The van der Waals surface area contributed by atoms with Gasteiger partial charge in [0.1, 0.15) is 23.1 Å². The predicted molar refractivity (Wildman–Crippen MR) is 115 cm³/mol. The molecule has 0 N–H and O–H groups in total. The van der Waals surface area contributed by atoms with Gasteiger partial charge in [-0.1, -0.05) is 17.7 Å². The molecule has 1 aliphatic carbocycles. The second kappa shape index (κ2) is 8.04. The fourth-order valence-electron chi connectivity index (χ4n) is 4.19. The lowest BCUT2D eigenvalue weighted by Gasteiger charge is -2.36. The maximum atomic E-state index is 14.4. The first kappa shape index (κ1) is 19.6. The number of benzene rings is 1. The Morgan fingerprint density at radius 3 is 2.67 bits per heavy atom. The van der Waals surface area contributed by atoms with Crippen LogP contribution in [0.1, 0.15) is 24.2 Å². The molecule has 0 spiro atoms. The molecule has 2 aliphatic rings. The summed E-state index contributed by atoms with van der Waals surface area (Å²) in [6.45, 7) is 3.83. The first-order valence-corrected chi connectivity index (χ1v) is 10.8. The summed E-state index contributed by atoms with van der Waals surface area (Å²) in [7, 11) is 1.58. The molecule has 3 heterocycles. The molecule has 8 heteroatoms. The number of halogens is 2. The van der Waals surface area contributed by atoms with E-state index in [0.717, 1.165) is 62.1 Å². The Morgan fingerprint density at radius 1 is 1.13 bits per heavy atom. The summed E-state index contributed by atoms with van der Waals surface area (Å²) in [6.07, 6.45) is 5.57. The monoisotopic (exact) mass is 429 g/mol. The standard InChI is InChI=1S/C22H25ClFN5O/c1-30-18-4-2-3-17(24)21(18)28-11-9-27(10-12-28)14-16-7-8-29-19(13-15-5-6-15)25-26-22(29)20(16)23/h2-4,7-8,15H,5-6,9-14H2,1H3. The molecule has 1 aromatic carbocycles. The van der Waals surface area contributed by atoms with Crippen molar-refractivity contribution >= 4 is 22.9 Å². The molecule has 0 radical (unpaired) electrons. The van der Waals surface area contributed by atoms with Crippen molar-refractivity contribution in [1.82, 2.24) is 19.5 Å².